The Balaban J connectivity index is 2.14. The van der Waals surface area contributed by atoms with E-state index in [4.69, 9.17) is 28.3 Å². The van der Waals surface area contributed by atoms with Crippen LogP contribution in [0, 0.1) is 0 Å². The Morgan fingerprint density at radius 2 is 1.88 bits per heavy atom. The van der Waals surface area contributed by atoms with Crippen LogP contribution in [0.4, 0.5) is 13.2 Å². The second kappa shape index (κ2) is 7.31. The summed E-state index contributed by atoms with van der Waals surface area (Å²) in [5.41, 5.74) is 0.706. The molecule has 0 amide bonds. The normalized spacial score (nSPS) is 12.4. The maximum atomic E-state index is 13.1. The van der Waals surface area contributed by atoms with E-state index < -0.39 is 11.7 Å². The molecule has 1 heterocycles. The molecule has 3 nitrogen and oxygen atoms in total. The number of nitrogens with zero attached hydrogens (tertiary/aromatic N) is 2. The van der Waals surface area contributed by atoms with Crippen molar-refractivity contribution in [2.45, 2.75) is 12.7 Å². The van der Waals surface area contributed by atoms with E-state index in [1.165, 1.54) is 16.8 Å². The predicted octanol–water partition coefficient (Wildman–Crippen LogP) is 5.42. The van der Waals surface area contributed by atoms with E-state index in [1.54, 1.807) is 24.3 Å². The van der Waals surface area contributed by atoms with Gasteiger partial charge in [0.15, 0.2) is 0 Å². The Hall–Kier alpha value is -2.02. The Labute approximate surface area is 157 Å². The van der Waals surface area contributed by atoms with Gasteiger partial charge in [-0.25, -0.2) is 0 Å². The maximum absolute atomic E-state index is 13.1. The van der Waals surface area contributed by atoms with Crippen molar-refractivity contribution >= 4 is 40.2 Å². The molecule has 1 aromatic heterocycles. The highest BCUT2D eigenvalue weighted by Gasteiger charge is 2.31. The number of rotatable bonds is 4. The lowest BCUT2D eigenvalue weighted by Gasteiger charge is -2.09. The first-order valence-corrected chi connectivity index (χ1v) is 8.34. The van der Waals surface area contributed by atoms with Crippen LogP contribution in [0.15, 0.2) is 42.5 Å². The Kier molecular flexibility index (Phi) is 5.27. The minimum atomic E-state index is -4.46. The molecule has 0 aliphatic rings. The Bertz CT molecular complexity index is 980. The standard InChI is InChI=1S/C18H13Cl2F3N2O/c19-13-5-3-11(15(20)9-13)10-25-17-8-12(18(21,22)23)4-6-14(17)16(24-25)2-1-7-26/h1-6,8-9,26H,7,10H2. The van der Waals surface area contributed by atoms with Gasteiger partial charge in [-0.3, -0.25) is 4.68 Å². The molecule has 26 heavy (non-hydrogen) atoms. The van der Waals surface area contributed by atoms with Gasteiger partial charge in [0, 0.05) is 15.4 Å². The Morgan fingerprint density at radius 3 is 2.54 bits per heavy atom. The molecule has 3 aromatic rings. The molecule has 1 N–H and O–H groups in total. The first-order chi connectivity index (χ1) is 12.3. The highest BCUT2D eigenvalue weighted by molar-refractivity contribution is 6.35. The minimum Gasteiger partial charge on any atom is -0.392 e. The second-order valence-corrected chi connectivity index (χ2v) is 6.44. The molecule has 0 aliphatic carbocycles. The highest BCUT2D eigenvalue weighted by Crippen LogP contribution is 2.33. The molecule has 8 heteroatoms. The summed E-state index contributed by atoms with van der Waals surface area (Å²) < 4.78 is 40.7. The van der Waals surface area contributed by atoms with E-state index in [-0.39, 0.29) is 13.2 Å². The minimum absolute atomic E-state index is 0.181. The zero-order valence-corrected chi connectivity index (χ0v) is 14.8. The van der Waals surface area contributed by atoms with E-state index in [9.17, 15) is 13.2 Å². The molecule has 0 aliphatic heterocycles. The molecule has 136 valence electrons. The van der Waals surface area contributed by atoms with Gasteiger partial charge < -0.3 is 5.11 Å². The third kappa shape index (κ3) is 3.87. The summed E-state index contributed by atoms with van der Waals surface area (Å²) in [7, 11) is 0. The van der Waals surface area contributed by atoms with E-state index in [1.807, 2.05) is 0 Å². The fraction of sp³-hybridized carbons (Fsp3) is 0.167. The molecule has 3 rings (SSSR count). The quantitative estimate of drug-likeness (QED) is 0.635. The van der Waals surface area contributed by atoms with Crippen LogP contribution < -0.4 is 0 Å². The zero-order chi connectivity index (χ0) is 18.9. The number of alkyl halides is 3. The van der Waals surface area contributed by atoms with Crippen LogP contribution in [0.3, 0.4) is 0 Å². The number of benzene rings is 2. The lowest BCUT2D eigenvalue weighted by atomic mass is 10.1. The average Bonchev–Trinajstić information content (AvgIpc) is 2.92. The average molecular weight is 401 g/mol. The first kappa shape index (κ1) is 18.8. The lowest BCUT2D eigenvalue weighted by Crippen LogP contribution is -2.06. The van der Waals surface area contributed by atoms with Crippen molar-refractivity contribution in [2.24, 2.45) is 0 Å². The van der Waals surface area contributed by atoms with Crippen LogP contribution in [0.5, 0.6) is 0 Å². The van der Waals surface area contributed by atoms with E-state index in [0.717, 1.165) is 12.1 Å². The van der Waals surface area contributed by atoms with Crippen LogP contribution >= 0.6 is 23.2 Å². The number of halogens is 5. The van der Waals surface area contributed by atoms with Gasteiger partial charge in [-0.05, 0) is 42.0 Å². The van der Waals surface area contributed by atoms with Crippen LogP contribution in [-0.4, -0.2) is 21.5 Å². The molecule has 0 fully saturated rings. The van der Waals surface area contributed by atoms with Crippen molar-refractivity contribution in [3.05, 3.63) is 69.3 Å². The van der Waals surface area contributed by atoms with Gasteiger partial charge in [-0.1, -0.05) is 35.3 Å². The van der Waals surface area contributed by atoms with Gasteiger partial charge in [-0.2, -0.15) is 18.3 Å². The second-order valence-electron chi connectivity index (χ2n) is 5.59. The molecular weight excluding hydrogens is 388 g/mol. The van der Waals surface area contributed by atoms with Crippen LogP contribution in [-0.2, 0) is 12.7 Å². The molecule has 0 atom stereocenters. The van der Waals surface area contributed by atoms with Crippen molar-refractivity contribution in [3.8, 4) is 0 Å². The van der Waals surface area contributed by atoms with Gasteiger partial charge in [0.05, 0.1) is 29.9 Å². The summed E-state index contributed by atoms with van der Waals surface area (Å²) in [6, 6.07) is 8.37. The SMILES string of the molecule is OCC=Cc1nn(Cc2ccc(Cl)cc2Cl)c2cc(C(F)(F)F)ccc12. The molecule has 0 radical (unpaired) electrons. The molecule has 0 bridgehead atoms. The van der Waals surface area contributed by atoms with Gasteiger partial charge in [-0.15, -0.1) is 0 Å². The van der Waals surface area contributed by atoms with Crippen molar-refractivity contribution in [1.82, 2.24) is 9.78 Å². The summed E-state index contributed by atoms with van der Waals surface area (Å²) in [4.78, 5) is 0. The number of aromatic nitrogens is 2. The third-order valence-electron chi connectivity index (χ3n) is 3.82. The molecule has 0 saturated heterocycles. The van der Waals surface area contributed by atoms with Gasteiger partial charge in [0.1, 0.15) is 0 Å². The predicted molar refractivity (Wildman–Crippen MR) is 96.4 cm³/mol. The van der Waals surface area contributed by atoms with Gasteiger partial charge in [0.25, 0.3) is 0 Å². The smallest absolute Gasteiger partial charge is 0.392 e. The number of aliphatic hydroxyl groups is 1. The third-order valence-corrected chi connectivity index (χ3v) is 4.41. The molecule has 0 saturated carbocycles. The largest absolute Gasteiger partial charge is 0.416 e. The molecular formula is C18H13Cl2F3N2O. The highest BCUT2D eigenvalue weighted by atomic mass is 35.5. The molecule has 2 aromatic carbocycles. The molecule has 0 unspecified atom stereocenters. The number of hydrogen-bond acceptors (Lipinski definition) is 2. The molecule has 0 spiro atoms. The summed E-state index contributed by atoms with van der Waals surface area (Å²) in [6.07, 6.45) is -1.42. The summed E-state index contributed by atoms with van der Waals surface area (Å²) in [6.45, 7) is -0.0151. The van der Waals surface area contributed by atoms with E-state index in [2.05, 4.69) is 5.10 Å². The van der Waals surface area contributed by atoms with Crippen molar-refractivity contribution in [3.63, 3.8) is 0 Å². The van der Waals surface area contributed by atoms with Crippen molar-refractivity contribution in [2.75, 3.05) is 6.61 Å². The number of hydrogen-bond donors (Lipinski definition) is 1. The lowest BCUT2D eigenvalue weighted by molar-refractivity contribution is -0.137. The van der Waals surface area contributed by atoms with Gasteiger partial charge in [0.2, 0.25) is 0 Å². The first-order valence-electron chi connectivity index (χ1n) is 7.58. The van der Waals surface area contributed by atoms with E-state index in [0.29, 0.717) is 32.2 Å². The van der Waals surface area contributed by atoms with Crippen LogP contribution in [0.1, 0.15) is 16.8 Å². The number of fused-ring (bicyclic) bond motifs is 1. The zero-order valence-electron chi connectivity index (χ0n) is 13.3. The van der Waals surface area contributed by atoms with Crippen LogP contribution in [0.2, 0.25) is 10.0 Å². The Morgan fingerprint density at radius 1 is 1.12 bits per heavy atom. The summed E-state index contributed by atoms with van der Waals surface area (Å²) >= 11 is 12.1. The summed E-state index contributed by atoms with van der Waals surface area (Å²) in [5.74, 6) is 0. The monoisotopic (exact) mass is 400 g/mol. The van der Waals surface area contributed by atoms with Crippen molar-refractivity contribution in [1.29, 1.82) is 0 Å². The topological polar surface area (TPSA) is 38.1 Å². The summed E-state index contributed by atoms with van der Waals surface area (Å²) in [5, 5.41) is 14.7. The fourth-order valence-corrected chi connectivity index (χ4v) is 3.06. The number of aliphatic hydroxyl groups excluding tert-OH is 1. The van der Waals surface area contributed by atoms with E-state index >= 15 is 0 Å². The fourth-order valence-electron chi connectivity index (χ4n) is 2.60. The van der Waals surface area contributed by atoms with Crippen LogP contribution in [0.25, 0.3) is 17.0 Å². The van der Waals surface area contributed by atoms with Crippen molar-refractivity contribution < 1.29 is 18.3 Å². The maximum Gasteiger partial charge on any atom is 0.416 e. The van der Waals surface area contributed by atoms with Gasteiger partial charge >= 0.3 is 6.18 Å².